The van der Waals surface area contributed by atoms with E-state index in [-0.39, 0.29) is 0 Å². The highest BCUT2D eigenvalue weighted by molar-refractivity contribution is 5.92. The summed E-state index contributed by atoms with van der Waals surface area (Å²) in [6, 6.07) is 9.28. The van der Waals surface area contributed by atoms with Gasteiger partial charge in [0.1, 0.15) is 6.33 Å². The lowest BCUT2D eigenvalue weighted by molar-refractivity contribution is 0.130. The monoisotopic (exact) mass is 431 g/mol. The highest BCUT2D eigenvalue weighted by atomic mass is 16.5. The predicted octanol–water partition coefficient (Wildman–Crippen LogP) is 5.14. The number of nitrogens with one attached hydrogen (secondary N) is 1. The van der Waals surface area contributed by atoms with Crippen LogP contribution in [0.4, 0.5) is 0 Å². The van der Waals surface area contributed by atoms with Gasteiger partial charge in [-0.05, 0) is 79.6 Å². The van der Waals surface area contributed by atoms with Crippen molar-refractivity contribution in [1.29, 1.82) is 0 Å². The average molecular weight is 432 g/mol. The Kier molecular flexibility index (Phi) is 5.74. The van der Waals surface area contributed by atoms with Crippen molar-refractivity contribution in [3.8, 4) is 11.3 Å². The number of aromatic amines is 1. The third-order valence-corrected chi connectivity index (χ3v) is 6.98. The van der Waals surface area contributed by atoms with E-state index in [2.05, 4.69) is 71.3 Å². The smallest absolute Gasteiger partial charge is 0.163 e. The van der Waals surface area contributed by atoms with Crippen molar-refractivity contribution < 1.29 is 4.74 Å². The summed E-state index contributed by atoms with van der Waals surface area (Å²) >= 11 is 0. The maximum absolute atomic E-state index is 5.25. The van der Waals surface area contributed by atoms with Crippen molar-refractivity contribution >= 4 is 16.6 Å². The largest absolute Gasteiger partial charge is 0.383 e. The van der Waals surface area contributed by atoms with E-state index in [0.717, 1.165) is 37.5 Å². The van der Waals surface area contributed by atoms with Crippen LogP contribution in [0, 0.1) is 6.92 Å². The Morgan fingerprint density at radius 1 is 1.19 bits per heavy atom. The Hall–Kier alpha value is -2.70. The molecule has 6 nitrogen and oxygen atoms in total. The van der Waals surface area contributed by atoms with Crippen molar-refractivity contribution in [1.82, 2.24) is 24.5 Å². The Morgan fingerprint density at radius 3 is 2.75 bits per heavy atom. The molecule has 6 heteroatoms. The Balaban J connectivity index is 1.50. The fourth-order valence-corrected chi connectivity index (χ4v) is 5.26. The van der Waals surface area contributed by atoms with E-state index in [0.29, 0.717) is 11.8 Å². The van der Waals surface area contributed by atoms with E-state index in [1.165, 1.54) is 46.1 Å². The quantitative estimate of drug-likeness (QED) is 0.459. The maximum atomic E-state index is 5.25. The summed E-state index contributed by atoms with van der Waals surface area (Å²) in [5.41, 5.74) is 8.52. The maximum Gasteiger partial charge on any atom is 0.163 e. The van der Waals surface area contributed by atoms with Gasteiger partial charge in [0, 0.05) is 36.3 Å². The second-order valence-corrected chi connectivity index (χ2v) is 9.46. The summed E-state index contributed by atoms with van der Waals surface area (Å²) in [4.78, 5) is 6.25. The molecule has 1 aliphatic heterocycles. The first-order valence-electron chi connectivity index (χ1n) is 11.7. The van der Waals surface area contributed by atoms with Gasteiger partial charge in [0.15, 0.2) is 5.65 Å². The van der Waals surface area contributed by atoms with E-state index in [1.54, 1.807) is 13.4 Å². The van der Waals surface area contributed by atoms with Crippen LogP contribution in [0.1, 0.15) is 55.2 Å². The molecule has 4 heterocycles. The van der Waals surface area contributed by atoms with Gasteiger partial charge in [0.05, 0.1) is 12.3 Å². The second-order valence-electron chi connectivity index (χ2n) is 9.46. The van der Waals surface area contributed by atoms with Gasteiger partial charge in [0.2, 0.25) is 0 Å². The first-order valence-corrected chi connectivity index (χ1v) is 11.7. The molecule has 0 unspecified atom stereocenters. The molecular formula is C26H33N5O. The van der Waals surface area contributed by atoms with Gasteiger partial charge in [-0.3, -0.25) is 4.40 Å². The average Bonchev–Trinajstić information content (AvgIpc) is 3.42. The second kappa shape index (κ2) is 8.68. The Morgan fingerprint density at radius 2 is 2.00 bits per heavy atom. The third kappa shape index (κ3) is 3.82. The number of piperidine rings is 1. The van der Waals surface area contributed by atoms with Crippen molar-refractivity contribution in [3.05, 3.63) is 53.5 Å². The molecular weight excluding hydrogens is 398 g/mol. The molecule has 32 heavy (non-hydrogen) atoms. The normalized spacial score (nSPS) is 16.0. The fourth-order valence-electron chi connectivity index (χ4n) is 5.26. The molecule has 0 saturated carbocycles. The minimum Gasteiger partial charge on any atom is -0.383 e. The van der Waals surface area contributed by atoms with Crippen LogP contribution < -0.4 is 0 Å². The molecule has 1 fully saturated rings. The zero-order valence-corrected chi connectivity index (χ0v) is 19.6. The van der Waals surface area contributed by atoms with Crippen LogP contribution in [0.15, 0.2) is 36.8 Å². The van der Waals surface area contributed by atoms with Gasteiger partial charge in [0.25, 0.3) is 0 Å². The van der Waals surface area contributed by atoms with Crippen LogP contribution in [0.2, 0.25) is 0 Å². The van der Waals surface area contributed by atoms with E-state index in [9.17, 15) is 0 Å². The van der Waals surface area contributed by atoms with Crippen molar-refractivity contribution in [2.75, 3.05) is 33.4 Å². The number of methoxy groups -OCH3 is 1. The number of nitrogens with zero attached hydrogens (tertiary/aromatic N) is 4. The summed E-state index contributed by atoms with van der Waals surface area (Å²) in [6.07, 6.45) is 6.34. The molecule has 1 aromatic carbocycles. The van der Waals surface area contributed by atoms with Crippen LogP contribution in [-0.4, -0.2) is 57.8 Å². The van der Waals surface area contributed by atoms with E-state index in [1.807, 2.05) is 4.40 Å². The summed E-state index contributed by atoms with van der Waals surface area (Å²) in [5, 5.41) is 9.66. The summed E-state index contributed by atoms with van der Waals surface area (Å²) in [7, 11) is 1.78. The molecule has 168 valence electrons. The minimum absolute atomic E-state index is 0.418. The lowest BCUT2D eigenvalue weighted by atomic mass is 9.87. The molecule has 1 aliphatic rings. The molecule has 0 bridgehead atoms. The molecule has 1 N–H and O–H groups in total. The van der Waals surface area contributed by atoms with Gasteiger partial charge in [-0.2, -0.15) is 0 Å². The molecule has 0 amide bonds. The van der Waals surface area contributed by atoms with Crippen molar-refractivity contribution in [2.45, 2.75) is 45.4 Å². The number of hydrogen-bond acceptors (Lipinski definition) is 4. The fraction of sp³-hybridized carbons (Fsp3) is 0.462. The van der Waals surface area contributed by atoms with Crippen molar-refractivity contribution in [2.24, 2.45) is 0 Å². The van der Waals surface area contributed by atoms with Gasteiger partial charge in [-0.15, -0.1) is 10.2 Å². The van der Waals surface area contributed by atoms with Crippen LogP contribution in [0.5, 0.6) is 0 Å². The number of aromatic nitrogens is 4. The molecule has 0 spiro atoms. The number of H-pyrrole nitrogens is 1. The Labute approximate surface area is 189 Å². The first kappa shape index (κ1) is 21.2. The van der Waals surface area contributed by atoms with E-state index >= 15 is 0 Å². The number of likely N-dealkylation sites (tertiary alicyclic amines) is 1. The number of benzene rings is 1. The highest BCUT2D eigenvalue weighted by Crippen LogP contribution is 2.38. The molecule has 0 radical (unpaired) electrons. The topological polar surface area (TPSA) is 58.5 Å². The van der Waals surface area contributed by atoms with Gasteiger partial charge in [-0.25, -0.2) is 0 Å². The molecule has 0 aliphatic carbocycles. The zero-order chi connectivity index (χ0) is 22.2. The van der Waals surface area contributed by atoms with Crippen LogP contribution in [-0.2, 0) is 4.74 Å². The zero-order valence-electron chi connectivity index (χ0n) is 19.6. The number of aryl methyl sites for hydroxylation is 1. The number of hydrogen-bond donors (Lipinski definition) is 1. The highest BCUT2D eigenvalue weighted by Gasteiger charge is 2.23. The van der Waals surface area contributed by atoms with E-state index < -0.39 is 0 Å². The lowest BCUT2D eigenvalue weighted by Gasteiger charge is -2.32. The predicted molar refractivity (Wildman–Crippen MR) is 129 cm³/mol. The molecule has 3 aromatic heterocycles. The summed E-state index contributed by atoms with van der Waals surface area (Å²) in [5.74, 6) is 1.05. The van der Waals surface area contributed by atoms with Crippen LogP contribution >= 0.6 is 0 Å². The van der Waals surface area contributed by atoms with Gasteiger partial charge in [-0.1, -0.05) is 19.9 Å². The number of rotatable bonds is 6. The SMILES string of the molecule is COCCN1CCC(c2ccc3[nH]c(-c4cc(C)c5nncn5c4)c(C(C)C)c3c2)CC1. The number of fused-ring (bicyclic) bond motifs is 2. The van der Waals surface area contributed by atoms with E-state index in [4.69, 9.17) is 4.74 Å². The summed E-state index contributed by atoms with van der Waals surface area (Å²) in [6.45, 7) is 10.8. The minimum atomic E-state index is 0.418. The molecule has 4 aromatic rings. The first-order chi connectivity index (χ1) is 15.5. The van der Waals surface area contributed by atoms with Gasteiger partial charge < -0.3 is 14.6 Å². The standard InChI is InChI=1S/C26H33N5O/c1-17(2)24-22-14-20(19-7-9-30(10-8-19)11-12-32-4)5-6-23(22)28-25(24)21-13-18(3)26-29-27-16-31(26)15-21/h5-6,13-17,19,28H,7-12H2,1-4H3. The Bertz CT molecular complexity index is 1230. The summed E-state index contributed by atoms with van der Waals surface area (Å²) < 4.78 is 7.27. The van der Waals surface area contributed by atoms with Crippen LogP contribution in [0.25, 0.3) is 27.8 Å². The number of pyridine rings is 1. The van der Waals surface area contributed by atoms with Crippen LogP contribution in [0.3, 0.4) is 0 Å². The molecule has 1 saturated heterocycles. The molecule has 5 rings (SSSR count). The number of ether oxygens (including phenoxy) is 1. The van der Waals surface area contributed by atoms with Crippen molar-refractivity contribution in [3.63, 3.8) is 0 Å². The molecule has 0 atom stereocenters. The van der Waals surface area contributed by atoms with Gasteiger partial charge >= 0.3 is 0 Å². The third-order valence-electron chi connectivity index (χ3n) is 6.98. The lowest BCUT2D eigenvalue weighted by Crippen LogP contribution is -2.35.